The lowest BCUT2D eigenvalue weighted by molar-refractivity contribution is -0.140. The summed E-state index contributed by atoms with van der Waals surface area (Å²) < 4.78 is 54.2. The van der Waals surface area contributed by atoms with Crippen molar-refractivity contribution in [1.82, 2.24) is 14.9 Å². The highest BCUT2D eigenvalue weighted by Gasteiger charge is 2.43. The van der Waals surface area contributed by atoms with Crippen LogP contribution in [0.3, 0.4) is 0 Å². The highest BCUT2D eigenvalue weighted by molar-refractivity contribution is 6.31. The van der Waals surface area contributed by atoms with Crippen molar-refractivity contribution in [1.29, 1.82) is 0 Å². The van der Waals surface area contributed by atoms with Gasteiger partial charge in [0, 0.05) is 30.3 Å². The number of amides is 2. The van der Waals surface area contributed by atoms with Gasteiger partial charge in [-0.1, -0.05) is 11.6 Å². The molecule has 5 N–H and O–H groups in total. The standard InChI is InChI=1S/C22H24ClF4N7O2/c23-12-6-11(22(25,26)27)7-13(8-12)32-15-2-1-4-34(21(15)36)16-9-33(5-3-14(16)19(29)35)20-17(24)18(28)30-10-31-20/h6-8,10,14-16,32H,1-5,9H2,(H2,29,35)(H2,28,30,31)/t14-,15-,16-/m0/s1. The van der Waals surface area contributed by atoms with Gasteiger partial charge in [-0.15, -0.1) is 0 Å². The van der Waals surface area contributed by atoms with Crippen molar-refractivity contribution < 1.29 is 27.2 Å². The number of piperidine rings is 2. The van der Waals surface area contributed by atoms with E-state index in [0.29, 0.717) is 19.4 Å². The summed E-state index contributed by atoms with van der Waals surface area (Å²) in [7, 11) is 0. The molecule has 2 aromatic rings. The van der Waals surface area contributed by atoms with Crippen molar-refractivity contribution in [3.05, 3.63) is 40.9 Å². The predicted molar refractivity (Wildman–Crippen MR) is 125 cm³/mol. The molecule has 2 aliphatic rings. The summed E-state index contributed by atoms with van der Waals surface area (Å²) in [6.45, 7) is 0.621. The fraction of sp³-hybridized carbons (Fsp3) is 0.455. The average molecular weight is 530 g/mol. The van der Waals surface area contributed by atoms with E-state index in [-0.39, 0.29) is 41.9 Å². The lowest BCUT2D eigenvalue weighted by Crippen LogP contribution is -2.61. The summed E-state index contributed by atoms with van der Waals surface area (Å²) in [5, 5.41) is 2.72. The predicted octanol–water partition coefficient (Wildman–Crippen LogP) is 2.65. The van der Waals surface area contributed by atoms with Gasteiger partial charge in [0.05, 0.1) is 17.5 Å². The van der Waals surface area contributed by atoms with Crippen LogP contribution < -0.4 is 21.7 Å². The number of nitrogens with zero attached hydrogens (tertiary/aromatic N) is 4. The first-order valence-corrected chi connectivity index (χ1v) is 11.6. The molecule has 0 radical (unpaired) electrons. The Hall–Kier alpha value is -3.35. The van der Waals surface area contributed by atoms with E-state index >= 15 is 0 Å². The topological polar surface area (TPSA) is 130 Å². The van der Waals surface area contributed by atoms with Gasteiger partial charge in [0.1, 0.15) is 12.4 Å². The number of benzene rings is 1. The quantitative estimate of drug-likeness (QED) is 0.508. The molecule has 4 rings (SSSR count). The Morgan fingerprint density at radius 2 is 1.92 bits per heavy atom. The molecule has 194 valence electrons. The van der Waals surface area contributed by atoms with Gasteiger partial charge in [-0.05, 0) is 37.5 Å². The first-order chi connectivity index (χ1) is 17.0. The van der Waals surface area contributed by atoms with Crippen LogP contribution >= 0.6 is 11.6 Å². The van der Waals surface area contributed by atoms with E-state index in [4.69, 9.17) is 23.1 Å². The summed E-state index contributed by atoms with van der Waals surface area (Å²) in [5.74, 6) is -2.89. The van der Waals surface area contributed by atoms with Gasteiger partial charge < -0.3 is 26.6 Å². The highest BCUT2D eigenvalue weighted by Crippen LogP contribution is 2.35. The van der Waals surface area contributed by atoms with Crippen molar-refractivity contribution in [3.63, 3.8) is 0 Å². The summed E-state index contributed by atoms with van der Waals surface area (Å²) in [5.41, 5.74) is 10.3. The molecule has 2 aliphatic heterocycles. The number of halogens is 5. The van der Waals surface area contributed by atoms with Crippen LogP contribution in [0.2, 0.25) is 5.02 Å². The molecule has 1 aromatic carbocycles. The number of hydrogen-bond acceptors (Lipinski definition) is 7. The molecular weight excluding hydrogens is 506 g/mol. The number of nitrogens with one attached hydrogen (secondary N) is 1. The van der Waals surface area contributed by atoms with Crippen LogP contribution in [0.5, 0.6) is 0 Å². The van der Waals surface area contributed by atoms with Gasteiger partial charge in [-0.3, -0.25) is 9.59 Å². The Kier molecular flexibility index (Phi) is 7.12. The highest BCUT2D eigenvalue weighted by atomic mass is 35.5. The van der Waals surface area contributed by atoms with Crippen molar-refractivity contribution in [3.8, 4) is 0 Å². The number of hydrogen-bond donors (Lipinski definition) is 3. The van der Waals surface area contributed by atoms with Crippen LogP contribution in [0, 0.1) is 11.7 Å². The number of aromatic nitrogens is 2. The zero-order valence-corrected chi connectivity index (χ0v) is 19.7. The number of nitrogen functional groups attached to an aromatic ring is 1. The summed E-state index contributed by atoms with van der Waals surface area (Å²) >= 11 is 5.87. The smallest absolute Gasteiger partial charge is 0.381 e. The van der Waals surface area contributed by atoms with E-state index in [1.54, 1.807) is 4.90 Å². The third-order valence-electron chi connectivity index (χ3n) is 6.48. The molecule has 0 unspecified atom stereocenters. The van der Waals surface area contributed by atoms with Crippen LogP contribution in [0.4, 0.5) is 34.9 Å². The summed E-state index contributed by atoms with van der Waals surface area (Å²) in [6, 6.07) is 1.44. The molecule has 2 amide bonds. The normalized spacial score (nSPS) is 23.0. The Morgan fingerprint density at radius 1 is 1.17 bits per heavy atom. The number of anilines is 3. The molecular formula is C22H24ClF4N7O2. The molecule has 0 spiro atoms. The number of carbonyl (C=O) groups is 2. The molecule has 2 fully saturated rings. The second-order valence-electron chi connectivity index (χ2n) is 8.80. The zero-order chi connectivity index (χ0) is 26.2. The van der Waals surface area contributed by atoms with Gasteiger partial charge in [0.25, 0.3) is 0 Å². The SMILES string of the molecule is NC(=O)[C@H]1CCN(c2ncnc(N)c2F)C[C@@H]1N1CCC[C@H](Nc2cc(Cl)cc(C(F)(F)F)c2)C1=O. The second kappa shape index (κ2) is 9.96. The first-order valence-electron chi connectivity index (χ1n) is 11.2. The monoisotopic (exact) mass is 529 g/mol. The minimum absolute atomic E-state index is 0.0466. The van der Waals surface area contributed by atoms with Gasteiger partial charge in [0.2, 0.25) is 17.6 Å². The lowest BCUT2D eigenvalue weighted by atomic mass is 9.87. The lowest BCUT2D eigenvalue weighted by Gasteiger charge is -2.46. The van der Waals surface area contributed by atoms with Crippen LogP contribution in [0.1, 0.15) is 24.8 Å². The second-order valence-corrected chi connectivity index (χ2v) is 9.24. The molecule has 36 heavy (non-hydrogen) atoms. The Bertz CT molecular complexity index is 1170. The van der Waals surface area contributed by atoms with Crippen molar-refractivity contribution in [2.45, 2.75) is 37.5 Å². The number of primary amides is 1. The molecule has 2 saturated heterocycles. The number of rotatable bonds is 5. The Morgan fingerprint density at radius 3 is 2.61 bits per heavy atom. The van der Waals surface area contributed by atoms with E-state index in [9.17, 15) is 27.2 Å². The van der Waals surface area contributed by atoms with Crippen LogP contribution in [-0.4, -0.2) is 58.4 Å². The van der Waals surface area contributed by atoms with Crippen LogP contribution in [0.15, 0.2) is 24.5 Å². The van der Waals surface area contributed by atoms with Gasteiger partial charge in [-0.2, -0.15) is 17.6 Å². The minimum atomic E-state index is -4.61. The van der Waals surface area contributed by atoms with E-state index < -0.39 is 47.4 Å². The largest absolute Gasteiger partial charge is 0.416 e. The maximum absolute atomic E-state index is 14.6. The molecule has 0 aliphatic carbocycles. The minimum Gasteiger partial charge on any atom is -0.381 e. The fourth-order valence-electron chi connectivity index (χ4n) is 4.77. The van der Waals surface area contributed by atoms with Crippen molar-refractivity contribution in [2.75, 3.05) is 35.6 Å². The first kappa shape index (κ1) is 25.7. The van der Waals surface area contributed by atoms with Crippen molar-refractivity contribution >= 4 is 40.7 Å². The third-order valence-corrected chi connectivity index (χ3v) is 6.70. The maximum Gasteiger partial charge on any atom is 0.416 e. The maximum atomic E-state index is 14.6. The molecule has 0 bridgehead atoms. The molecule has 1 aromatic heterocycles. The third kappa shape index (κ3) is 5.25. The summed E-state index contributed by atoms with van der Waals surface area (Å²) in [4.78, 5) is 36.3. The Labute approximate surface area is 208 Å². The van der Waals surface area contributed by atoms with Crippen LogP contribution in [-0.2, 0) is 15.8 Å². The molecule has 3 atom stereocenters. The van der Waals surface area contributed by atoms with Crippen molar-refractivity contribution in [2.24, 2.45) is 11.7 Å². The van der Waals surface area contributed by atoms with E-state index in [1.807, 2.05) is 0 Å². The summed E-state index contributed by atoms with van der Waals surface area (Å²) in [6.07, 6.45) is -2.36. The Balaban J connectivity index is 1.57. The molecule has 3 heterocycles. The van der Waals surface area contributed by atoms with E-state index in [1.165, 1.54) is 11.0 Å². The molecule has 0 saturated carbocycles. The number of nitrogens with two attached hydrogens (primary N) is 2. The van der Waals surface area contributed by atoms with Gasteiger partial charge >= 0.3 is 6.18 Å². The average Bonchev–Trinajstić information content (AvgIpc) is 2.81. The van der Waals surface area contributed by atoms with Gasteiger partial charge in [0.15, 0.2) is 11.6 Å². The number of likely N-dealkylation sites (tertiary alicyclic amines) is 1. The number of alkyl halides is 3. The van der Waals surface area contributed by atoms with Crippen LogP contribution in [0.25, 0.3) is 0 Å². The van der Waals surface area contributed by atoms with Gasteiger partial charge in [-0.25, -0.2) is 9.97 Å². The molecule has 9 nitrogen and oxygen atoms in total. The zero-order valence-electron chi connectivity index (χ0n) is 18.9. The number of carbonyl (C=O) groups excluding carboxylic acids is 2. The van der Waals surface area contributed by atoms with E-state index in [2.05, 4.69) is 15.3 Å². The van der Waals surface area contributed by atoms with E-state index in [0.717, 1.165) is 18.5 Å². The molecule has 14 heteroatoms. The fourth-order valence-corrected chi connectivity index (χ4v) is 5.00.